The number of amides is 2. The van der Waals surface area contributed by atoms with Crippen molar-refractivity contribution in [2.45, 2.75) is 26.7 Å². The van der Waals surface area contributed by atoms with Gasteiger partial charge in [-0.15, -0.1) is 0 Å². The zero-order valence-electron chi connectivity index (χ0n) is 13.6. The van der Waals surface area contributed by atoms with Crippen LogP contribution in [0.25, 0.3) is 0 Å². The summed E-state index contributed by atoms with van der Waals surface area (Å²) < 4.78 is 0. The topological polar surface area (TPSA) is 86.7 Å². The van der Waals surface area contributed by atoms with Gasteiger partial charge >= 0.3 is 5.97 Å². The van der Waals surface area contributed by atoms with E-state index in [4.69, 9.17) is 5.11 Å². The van der Waals surface area contributed by atoms with Gasteiger partial charge in [-0.05, 0) is 38.8 Å². The van der Waals surface area contributed by atoms with Crippen LogP contribution in [0.5, 0.6) is 0 Å². The van der Waals surface area contributed by atoms with E-state index in [0.29, 0.717) is 11.3 Å². The van der Waals surface area contributed by atoms with Crippen LogP contribution in [0, 0.1) is 11.3 Å². The molecule has 1 saturated carbocycles. The number of carboxylic acid groups (broad SMARTS) is 1. The van der Waals surface area contributed by atoms with E-state index in [1.807, 2.05) is 0 Å². The maximum absolute atomic E-state index is 12.4. The Morgan fingerprint density at radius 1 is 1.26 bits per heavy atom. The fraction of sp³-hybridized carbons (Fsp3) is 0.471. The predicted molar refractivity (Wildman–Crippen MR) is 86.3 cm³/mol. The summed E-state index contributed by atoms with van der Waals surface area (Å²) in [4.78, 5) is 37.2. The lowest BCUT2D eigenvalue weighted by molar-refractivity contribution is -0.146. The molecule has 0 atom stereocenters. The molecular formula is C17H22N2O4. The standard InChI is InChI=1S/C17H22N2O4/c1-17(2,16(22)23)10-18-14(20)12-6-4-5-7-13(12)19(3)15(21)11-8-9-11/h4-7,11H,8-10H2,1-3H3,(H,18,20)(H,22,23). The van der Waals surface area contributed by atoms with Crippen molar-refractivity contribution in [1.82, 2.24) is 5.32 Å². The van der Waals surface area contributed by atoms with E-state index in [0.717, 1.165) is 12.8 Å². The van der Waals surface area contributed by atoms with E-state index >= 15 is 0 Å². The molecule has 124 valence electrons. The first-order chi connectivity index (χ1) is 10.7. The van der Waals surface area contributed by atoms with Crippen LogP contribution in [-0.4, -0.2) is 36.5 Å². The second-order valence-corrected chi connectivity index (χ2v) is 6.56. The van der Waals surface area contributed by atoms with Gasteiger partial charge in [0.05, 0.1) is 16.7 Å². The van der Waals surface area contributed by atoms with Crippen molar-refractivity contribution in [2.24, 2.45) is 11.3 Å². The van der Waals surface area contributed by atoms with Crippen molar-refractivity contribution in [3.8, 4) is 0 Å². The van der Waals surface area contributed by atoms with Gasteiger partial charge in [-0.25, -0.2) is 0 Å². The van der Waals surface area contributed by atoms with Crippen molar-refractivity contribution >= 4 is 23.5 Å². The van der Waals surface area contributed by atoms with Gasteiger partial charge in [0.2, 0.25) is 5.91 Å². The van der Waals surface area contributed by atoms with Crippen molar-refractivity contribution in [3.05, 3.63) is 29.8 Å². The maximum Gasteiger partial charge on any atom is 0.310 e. The van der Waals surface area contributed by atoms with Crippen LogP contribution < -0.4 is 10.2 Å². The average molecular weight is 318 g/mol. The Hall–Kier alpha value is -2.37. The third-order valence-corrected chi connectivity index (χ3v) is 4.04. The lowest BCUT2D eigenvalue weighted by Crippen LogP contribution is -2.39. The molecule has 1 fully saturated rings. The summed E-state index contributed by atoms with van der Waals surface area (Å²) in [5.41, 5.74) is -0.152. The van der Waals surface area contributed by atoms with Crippen LogP contribution in [-0.2, 0) is 9.59 Å². The molecule has 6 nitrogen and oxygen atoms in total. The number of aliphatic carboxylic acids is 1. The molecule has 6 heteroatoms. The molecule has 1 aliphatic carbocycles. The van der Waals surface area contributed by atoms with Gasteiger partial charge in [0.1, 0.15) is 0 Å². The molecule has 0 radical (unpaired) electrons. The van der Waals surface area contributed by atoms with E-state index in [1.165, 1.54) is 4.90 Å². The lowest BCUT2D eigenvalue weighted by atomic mass is 9.94. The fourth-order valence-electron chi connectivity index (χ4n) is 2.15. The first-order valence-electron chi connectivity index (χ1n) is 7.62. The fourth-order valence-corrected chi connectivity index (χ4v) is 2.15. The number of rotatable bonds is 6. The summed E-state index contributed by atoms with van der Waals surface area (Å²) in [7, 11) is 1.66. The highest BCUT2D eigenvalue weighted by atomic mass is 16.4. The molecule has 0 aromatic heterocycles. The van der Waals surface area contributed by atoms with Crippen LogP contribution in [0.15, 0.2) is 24.3 Å². The second-order valence-electron chi connectivity index (χ2n) is 6.56. The average Bonchev–Trinajstić information content (AvgIpc) is 3.36. The van der Waals surface area contributed by atoms with Gasteiger partial charge in [0, 0.05) is 19.5 Å². The molecule has 2 amide bonds. The molecule has 0 unspecified atom stereocenters. The molecule has 2 N–H and O–H groups in total. The predicted octanol–water partition coefficient (Wildman–Crippen LogP) is 1.90. The van der Waals surface area contributed by atoms with Gasteiger partial charge in [-0.3, -0.25) is 14.4 Å². The zero-order valence-corrected chi connectivity index (χ0v) is 13.6. The number of para-hydroxylation sites is 1. The van der Waals surface area contributed by atoms with E-state index in [1.54, 1.807) is 45.2 Å². The summed E-state index contributed by atoms with van der Waals surface area (Å²) in [6.45, 7) is 3.10. The molecule has 0 heterocycles. The number of benzene rings is 1. The molecule has 1 aromatic rings. The zero-order chi connectivity index (χ0) is 17.2. The Balaban J connectivity index is 2.14. The van der Waals surface area contributed by atoms with Crippen LogP contribution in [0.3, 0.4) is 0 Å². The molecule has 23 heavy (non-hydrogen) atoms. The first-order valence-corrected chi connectivity index (χ1v) is 7.62. The lowest BCUT2D eigenvalue weighted by Gasteiger charge is -2.22. The van der Waals surface area contributed by atoms with Gasteiger partial charge < -0.3 is 15.3 Å². The van der Waals surface area contributed by atoms with Gasteiger partial charge in [0.25, 0.3) is 5.91 Å². The van der Waals surface area contributed by atoms with E-state index < -0.39 is 11.4 Å². The quantitative estimate of drug-likeness (QED) is 0.838. The summed E-state index contributed by atoms with van der Waals surface area (Å²) in [5.74, 6) is -1.30. The Bertz CT molecular complexity index is 635. The summed E-state index contributed by atoms with van der Waals surface area (Å²) in [6, 6.07) is 6.84. The molecule has 2 rings (SSSR count). The normalized spacial score (nSPS) is 14.2. The van der Waals surface area contributed by atoms with E-state index in [9.17, 15) is 14.4 Å². The summed E-state index contributed by atoms with van der Waals surface area (Å²) >= 11 is 0. The Kier molecular flexibility index (Phi) is 4.73. The Morgan fingerprint density at radius 2 is 1.87 bits per heavy atom. The van der Waals surface area contributed by atoms with Gasteiger partial charge in [-0.2, -0.15) is 0 Å². The first kappa shape index (κ1) is 17.0. The number of hydrogen-bond acceptors (Lipinski definition) is 3. The van der Waals surface area contributed by atoms with Crippen molar-refractivity contribution in [1.29, 1.82) is 0 Å². The smallest absolute Gasteiger partial charge is 0.310 e. The van der Waals surface area contributed by atoms with Gasteiger partial charge in [-0.1, -0.05) is 12.1 Å². The minimum atomic E-state index is -1.06. The monoisotopic (exact) mass is 318 g/mol. The SMILES string of the molecule is CN(C(=O)C1CC1)c1ccccc1C(=O)NCC(C)(C)C(=O)O. The maximum atomic E-state index is 12.4. The Morgan fingerprint density at radius 3 is 2.43 bits per heavy atom. The van der Waals surface area contributed by atoms with E-state index in [2.05, 4.69) is 5.32 Å². The number of carbonyl (C=O) groups is 3. The van der Waals surface area contributed by atoms with Gasteiger partial charge in [0.15, 0.2) is 0 Å². The number of hydrogen-bond donors (Lipinski definition) is 2. The summed E-state index contributed by atoms with van der Waals surface area (Å²) in [6.07, 6.45) is 1.79. The van der Waals surface area contributed by atoms with E-state index in [-0.39, 0.29) is 24.3 Å². The minimum absolute atomic E-state index is 0.00971. The number of anilines is 1. The molecule has 0 saturated heterocycles. The minimum Gasteiger partial charge on any atom is -0.481 e. The van der Waals surface area contributed by atoms with Crippen molar-refractivity contribution < 1.29 is 19.5 Å². The molecule has 1 aromatic carbocycles. The molecule has 0 spiro atoms. The van der Waals surface area contributed by atoms with Crippen molar-refractivity contribution in [3.63, 3.8) is 0 Å². The highest BCUT2D eigenvalue weighted by Gasteiger charge is 2.34. The highest BCUT2D eigenvalue weighted by Crippen LogP contribution is 2.33. The summed E-state index contributed by atoms with van der Waals surface area (Å²) in [5, 5.41) is 11.7. The molecule has 1 aliphatic rings. The highest BCUT2D eigenvalue weighted by molar-refractivity contribution is 6.05. The van der Waals surface area contributed by atoms with Crippen molar-refractivity contribution in [2.75, 3.05) is 18.5 Å². The van der Waals surface area contributed by atoms with Crippen LogP contribution in [0.2, 0.25) is 0 Å². The molecule has 0 bridgehead atoms. The van der Waals surface area contributed by atoms with Crippen LogP contribution >= 0.6 is 0 Å². The van der Waals surface area contributed by atoms with Crippen LogP contribution in [0.1, 0.15) is 37.0 Å². The van der Waals surface area contributed by atoms with Crippen LogP contribution in [0.4, 0.5) is 5.69 Å². The molecular weight excluding hydrogens is 296 g/mol. The number of nitrogens with zero attached hydrogens (tertiary/aromatic N) is 1. The third kappa shape index (κ3) is 3.88. The number of carbonyl (C=O) groups excluding carboxylic acids is 2. The third-order valence-electron chi connectivity index (χ3n) is 4.04. The largest absolute Gasteiger partial charge is 0.481 e. The Labute approximate surface area is 135 Å². The number of nitrogens with one attached hydrogen (secondary N) is 1. The number of carboxylic acids is 1. The second kappa shape index (κ2) is 6.40. The molecule has 0 aliphatic heterocycles.